The molecule has 0 bridgehead atoms. The molecule has 0 unspecified atom stereocenters. The van der Waals surface area contributed by atoms with Crippen molar-refractivity contribution in [2.24, 2.45) is 0 Å². The lowest BCUT2D eigenvalue weighted by molar-refractivity contribution is 0.211. The average molecular weight is 434 g/mol. The van der Waals surface area contributed by atoms with Crippen LogP contribution in [-0.4, -0.2) is 34.5 Å². The highest BCUT2D eigenvalue weighted by Crippen LogP contribution is 2.37. The zero-order chi connectivity index (χ0) is 20.8. The van der Waals surface area contributed by atoms with Crippen LogP contribution in [0.5, 0.6) is 5.75 Å². The molecule has 31 heavy (non-hydrogen) atoms. The number of nitrogens with zero attached hydrogens (tertiary/aromatic N) is 2. The van der Waals surface area contributed by atoms with Crippen molar-refractivity contribution in [2.75, 3.05) is 24.3 Å². The fraction of sp³-hybridized carbons (Fsp3) is 0.400. The number of nitrogens with one attached hydrogen (secondary N) is 1. The number of hydrogen-bond donors (Lipinski definition) is 1. The molecule has 3 aromatic rings. The first-order valence-electron chi connectivity index (χ1n) is 11.3. The number of benzene rings is 2. The van der Waals surface area contributed by atoms with E-state index in [2.05, 4.69) is 46.6 Å². The molecular formula is C25H27N3O2S. The maximum absolute atomic E-state index is 12.8. The molecule has 1 saturated heterocycles. The van der Waals surface area contributed by atoms with Crippen molar-refractivity contribution in [3.63, 3.8) is 0 Å². The topological polar surface area (TPSA) is 46.5 Å². The van der Waals surface area contributed by atoms with Crippen molar-refractivity contribution in [3.8, 4) is 5.75 Å². The molecule has 0 spiro atoms. The minimum Gasteiger partial charge on any atom is -0.481 e. The van der Waals surface area contributed by atoms with Gasteiger partial charge >= 0.3 is 0 Å². The summed E-state index contributed by atoms with van der Waals surface area (Å²) in [6.07, 6.45) is 4.29. The van der Waals surface area contributed by atoms with Crippen LogP contribution in [0.25, 0.3) is 10.9 Å². The van der Waals surface area contributed by atoms with Gasteiger partial charge in [0.1, 0.15) is 11.7 Å². The Morgan fingerprint density at radius 1 is 1.10 bits per heavy atom. The first-order chi connectivity index (χ1) is 15.2. The Kier molecular flexibility index (Phi) is 4.92. The summed E-state index contributed by atoms with van der Waals surface area (Å²) in [4.78, 5) is 16.6. The fourth-order valence-electron chi connectivity index (χ4n) is 5.24. The van der Waals surface area contributed by atoms with Crippen molar-refractivity contribution in [1.82, 2.24) is 9.47 Å². The number of thioether (sulfide) groups is 1. The second-order valence-corrected chi connectivity index (χ2v) is 9.81. The van der Waals surface area contributed by atoms with Crippen LogP contribution in [0.2, 0.25) is 0 Å². The Hall–Kier alpha value is -2.44. The Bertz CT molecular complexity index is 1200. The summed E-state index contributed by atoms with van der Waals surface area (Å²) in [5.74, 6) is 1.75. The maximum atomic E-state index is 12.8. The molecule has 6 rings (SSSR count). The second-order valence-electron chi connectivity index (χ2n) is 8.85. The van der Waals surface area contributed by atoms with Gasteiger partial charge in [-0.2, -0.15) is 0 Å². The second kappa shape index (κ2) is 7.92. The monoisotopic (exact) mass is 433 g/mol. The van der Waals surface area contributed by atoms with E-state index >= 15 is 0 Å². The van der Waals surface area contributed by atoms with Gasteiger partial charge in [0, 0.05) is 49.4 Å². The smallest absolute Gasteiger partial charge is 0.253 e. The Labute approximate surface area is 186 Å². The summed E-state index contributed by atoms with van der Waals surface area (Å²) in [6, 6.07) is 15.3. The summed E-state index contributed by atoms with van der Waals surface area (Å²) in [5.41, 5.74) is 4.93. The van der Waals surface area contributed by atoms with Crippen LogP contribution in [-0.2, 0) is 19.5 Å². The third kappa shape index (κ3) is 3.62. The highest BCUT2D eigenvalue weighted by atomic mass is 32.2. The highest BCUT2D eigenvalue weighted by Gasteiger charge is 2.22. The summed E-state index contributed by atoms with van der Waals surface area (Å²) < 4.78 is 7.56. The number of piperidine rings is 1. The number of aryl methyl sites for hydroxylation is 2. The number of aromatic nitrogens is 1. The molecule has 0 radical (unpaired) electrons. The summed E-state index contributed by atoms with van der Waals surface area (Å²) in [5, 5.41) is 4.92. The SMILES string of the molecule is O=c1cc(NC2CCN(Cc3ccc4c(c3)SCO4)CC2)c2cccc3c2n1CCC3. The van der Waals surface area contributed by atoms with E-state index in [1.165, 1.54) is 21.4 Å². The number of ether oxygens (including phenoxy) is 1. The zero-order valence-electron chi connectivity index (χ0n) is 17.6. The predicted molar refractivity (Wildman–Crippen MR) is 126 cm³/mol. The van der Waals surface area contributed by atoms with Crippen molar-refractivity contribution in [1.29, 1.82) is 0 Å². The van der Waals surface area contributed by atoms with Crippen LogP contribution in [0.3, 0.4) is 0 Å². The molecular weight excluding hydrogens is 406 g/mol. The molecule has 3 aliphatic heterocycles. The van der Waals surface area contributed by atoms with Crippen molar-refractivity contribution in [2.45, 2.75) is 49.7 Å². The third-order valence-corrected chi connectivity index (χ3v) is 7.70. The van der Waals surface area contributed by atoms with Crippen LogP contribution in [0, 0.1) is 0 Å². The van der Waals surface area contributed by atoms with Gasteiger partial charge in [-0.3, -0.25) is 9.69 Å². The minimum absolute atomic E-state index is 0.123. The molecule has 1 aromatic heterocycles. The van der Waals surface area contributed by atoms with Gasteiger partial charge in [0.05, 0.1) is 10.4 Å². The van der Waals surface area contributed by atoms with Crippen LogP contribution >= 0.6 is 11.8 Å². The molecule has 0 aliphatic carbocycles. The number of pyridine rings is 1. The highest BCUT2D eigenvalue weighted by molar-refractivity contribution is 7.99. The lowest BCUT2D eigenvalue weighted by Crippen LogP contribution is -2.39. The van der Waals surface area contributed by atoms with E-state index in [1.807, 2.05) is 10.6 Å². The number of likely N-dealkylation sites (tertiary alicyclic amines) is 1. The van der Waals surface area contributed by atoms with Crippen LogP contribution in [0.1, 0.15) is 30.4 Å². The molecule has 3 aliphatic rings. The molecule has 1 N–H and O–H groups in total. The minimum atomic E-state index is 0.123. The van der Waals surface area contributed by atoms with Crippen molar-refractivity contribution >= 4 is 28.4 Å². The molecule has 0 atom stereocenters. The number of para-hydroxylation sites is 1. The van der Waals surface area contributed by atoms with Gasteiger partial charge in [0.15, 0.2) is 0 Å². The molecule has 6 heteroatoms. The quantitative estimate of drug-likeness (QED) is 0.658. The van der Waals surface area contributed by atoms with E-state index < -0.39 is 0 Å². The predicted octanol–water partition coefficient (Wildman–Crippen LogP) is 4.47. The molecule has 1 fully saturated rings. The van der Waals surface area contributed by atoms with E-state index in [4.69, 9.17) is 4.74 Å². The Balaban J connectivity index is 1.15. The fourth-order valence-corrected chi connectivity index (χ4v) is 6.06. The maximum Gasteiger partial charge on any atom is 0.253 e. The normalized spacial score (nSPS) is 18.7. The van der Waals surface area contributed by atoms with E-state index in [-0.39, 0.29) is 5.56 Å². The molecule has 5 nitrogen and oxygen atoms in total. The summed E-state index contributed by atoms with van der Waals surface area (Å²) in [6.45, 7) is 3.96. The summed E-state index contributed by atoms with van der Waals surface area (Å²) >= 11 is 1.78. The van der Waals surface area contributed by atoms with Crippen LogP contribution in [0.4, 0.5) is 5.69 Å². The lowest BCUT2D eigenvalue weighted by atomic mass is 9.99. The molecule has 0 saturated carbocycles. The molecule has 4 heterocycles. The van der Waals surface area contributed by atoms with Crippen molar-refractivity contribution in [3.05, 3.63) is 63.9 Å². The Morgan fingerprint density at radius 2 is 2.00 bits per heavy atom. The van der Waals surface area contributed by atoms with Gasteiger partial charge in [0.2, 0.25) is 0 Å². The van der Waals surface area contributed by atoms with Crippen LogP contribution < -0.4 is 15.6 Å². The number of hydrogen-bond acceptors (Lipinski definition) is 5. The van der Waals surface area contributed by atoms with E-state index in [0.717, 1.165) is 74.8 Å². The number of anilines is 1. The van der Waals surface area contributed by atoms with Crippen molar-refractivity contribution < 1.29 is 4.74 Å². The van der Waals surface area contributed by atoms with Gasteiger partial charge in [-0.1, -0.05) is 36.0 Å². The van der Waals surface area contributed by atoms with E-state index in [9.17, 15) is 4.79 Å². The third-order valence-electron chi connectivity index (χ3n) is 6.83. The molecule has 2 aromatic carbocycles. The van der Waals surface area contributed by atoms with Gasteiger partial charge in [0.25, 0.3) is 5.56 Å². The van der Waals surface area contributed by atoms with E-state index in [0.29, 0.717) is 6.04 Å². The Morgan fingerprint density at radius 3 is 2.90 bits per heavy atom. The largest absolute Gasteiger partial charge is 0.481 e. The average Bonchev–Trinajstić information content (AvgIpc) is 3.26. The standard InChI is InChI=1S/C25H27N3O2S/c29-24-14-21(20-5-1-3-18-4-2-10-28(24)25(18)20)26-19-8-11-27(12-9-19)15-17-6-7-22-23(13-17)31-16-30-22/h1,3,5-7,13-14,19,26H,2,4,8-12,15-16H2. The van der Waals surface area contributed by atoms with Gasteiger partial charge in [-0.25, -0.2) is 0 Å². The van der Waals surface area contributed by atoms with Gasteiger partial charge < -0.3 is 14.6 Å². The first-order valence-corrected chi connectivity index (χ1v) is 12.3. The molecule has 160 valence electrons. The first kappa shape index (κ1) is 19.3. The van der Waals surface area contributed by atoms with Crippen LogP contribution in [0.15, 0.2) is 52.2 Å². The zero-order valence-corrected chi connectivity index (χ0v) is 18.4. The number of fused-ring (bicyclic) bond motifs is 1. The number of rotatable bonds is 4. The van der Waals surface area contributed by atoms with E-state index in [1.54, 1.807) is 11.8 Å². The molecule has 0 amide bonds. The summed E-state index contributed by atoms with van der Waals surface area (Å²) in [7, 11) is 0. The van der Waals surface area contributed by atoms with Gasteiger partial charge in [-0.05, 0) is 48.9 Å². The lowest BCUT2D eigenvalue weighted by Gasteiger charge is -2.33. The van der Waals surface area contributed by atoms with Gasteiger partial charge in [-0.15, -0.1) is 0 Å².